The van der Waals surface area contributed by atoms with Gasteiger partial charge in [-0.15, -0.1) is 0 Å². The Morgan fingerprint density at radius 2 is 1.76 bits per heavy atom. The van der Waals surface area contributed by atoms with Crippen LogP contribution in [0.15, 0.2) is 42.5 Å². The van der Waals surface area contributed by atoms with E-state index in [2.05, 4.69) is 45.1 Å². The molecular formula is C29H40N4O4. The van der Waals surface area contributed by atoms with E-state index in [0.717, 1.165) is 93.8 Å². The number of piperazine rings is 1. The van der Waals surface area contributed by atoms with Crippen LogP contribution in [0.3, 0.4) is 0 Å². The van der Waals surface area contributed by atoms with Crippen molar-refractivity contribution in [3.8, 4) is 5.75 Å². The third kappa shape index (κ3) is 5.71. The molecule has 0 radical (unpaired) electrons. The number of ether oxygens (including phenoxy) is 3. The summed E-state index contributed by atoms with van der Waals surface area (Å²) in [6, 6.07) is 14.2. The van der Waals surface area contributed by atoms with Crippen LogP contribution in [0.2, 0.25) is 0 Å². The highest BCUT2D eigenvalue weighted by Crippen LogP contribution is 2.41. The Kier molecular flexibility index (Phi) is 8.17. The van der Waals surface area contributed by atoms with E-state index >= 15 is 0 Å². The Labute approximate surface area is 220 Å². The van der Waals surface area contributed by atoms with Gasteiger partial charge in [-0.25, -0.2) is 0 Å². The monoisotopic (exact) mass is 508 g/mol. The van der Waals surface area contributed by atoms with Crippen molar-refractivity contribution in [3.63, 3.8) is 0 Å². The Balaban J connectivity index is 1.28. The highest BCUT2D eigenvalue weighted by molar-refractivity contribution is 5.97. The number of morpholine rings is 1. The number of methoxy groups -OCH3 is 1. The predicted molar refractivity (Wildman–Crippen MR) is 147 cm³/mol. The summed E-state index contributed by atoms with van der Waals surface area (Å²) in [5, 5.41) is 3.04. The summed E-state index contributed by atoms with van der Waals surface area (Å²) >= 11 is 0. The van der Waals surface area contributed by atoms with Crippen molar-refractivity contribution in [3.05, 3.63) is 48.0 Å². The smallest absolute Gasteiger partial charge is 0.297 e. The summed E-state index contributed by atoms with van der Waals surface area (Å²) in [7, 11) is 1.56. The number of fused-ring (bicyclic) bond motifs is 1. The number of nitrogens with one attached hydrogen (secondary N) is 1. The first-order chi connectivity index (χ1) is 18.1. The van der Waals surface area contributed by atoms with Gasteiger partial charge in [0.2, 0.25) is 0 Å². The van der Waals surface area contributed by atoms with Crippen LogP contribution < -0.4 is 19.9 Å². The largest absolute Gasteiger partial charge is 0.450 e. The standard InChI is InChI=1S/C29H40N4O4/c1-3-4-14-31-15-17-33(18-16-31)26-7-5-6-23-12-13-29(35-2,37-27(23)26)28(34)30-24-8-10-25(11-9-24)32-19-21-36-22-20-32/h5-11H,3-4,12-22H2,1-2H3,(H,30,34). The number of para-hydroxylation sites is 1. The van der Waals surface area contributed by atoms with Crippen molar-refractivity contribution >= 4 is 23.0 Å². The minimum Gasteiger partial charge on any atom is -0.450 e. The van der Waals surface area contributed by atoms with Gasteiger partial charge in [-0.2, -0.15) is 0 Å². The third-order valence-electron chi connectivity index (χ3n) is 7.78. The zero-order valence-corrected chi connectivity index (χ0v) is 22.2. The second kappa shape index (κ2) is 11.7. The van der Waals surface area contributed by atoms with Gasteiger partial charge in [-0.05, 0) is 55.3 Å². The van der Waals surface area contributed by atoms with Crippen molar-refractivity contribution in [1.29, 1.82) is 0 Å². The Hall–Kier alpha value is -2.81. The lowest BCUT2D eigenvalue weighted by Crippen LogP contribution is -2.52. The average Bonchev–Trinajstić information content (AvgIpc) is 2.96. The van der Waals surface area contributed by atoms with Gasteiger partial charge in [0, 0.05) is 64.2 Å². The number of nitrogens with zero attached hydrogens (tertiary/aromatic N) is 3. The minimum atomic E-state index is -1.37. The normalized spacial score (nSPS) is 22.3. The topological polar surface area (TPSA) is 66.5 Å². The van der Waals surface area contributed by atoms with Gasteiger partial charge in [0.25, 0.3) is 11.7 Å². The summed E-state index contributed by atoms with van der Waals surface area (Å²) < 4.78 is 17.7. The zero-order chi connectivity index (χ0) is 25.7. The Morgan fingerprint density at radius 1 is 1.00 bits per heavy atom. The number of carbonyl (C=O) groups excluding carboxylic acids is 1. The molecule has 0 spiro atoms. The number of anilines is 3. The van der Waals surface area contributed by atoms with Crippen molar-refractivity contribution in [2.45, 2.75) is 38.4 Å². The number of hydrogen-bond acceptors (Lipinski definition) is 7. The first-order valence-corrected chi connectivity index (χ1v) is 13.7. The highest BCUT2D eigenvalue weighted by atomic mass is 16.7. The van der Waals surface area contributed by atoms with Crippen molar-refractivity contribution < 1.29 is 19.0 Å². The predicted octanol–water partition coefficient (Wildman–Crippen LogP) is 3.75. The fourth-order valence-electron chi connectivity index (χ4n) is 5.44. The van der Waals surface area contributed by atoms with Crippen LogP contribution in [0.1, 0.15) is 31.7 Å². The van der Waals surface area contributed by atoms with Crippen LogP contribution in [-0.4, -0.2) is 82.7 Å². The van der Waals surface area contributed by atoms with Gasteiger partial charge in [0.05, 0.1) is 18.9 Å². The molecule has 2 aromatic rings. The molecule has 8 heteroatoms. The maximum atomic E-state index is 13.5. The summed E-state index contributed by atoms with van der Waals surface area (Å²) in [5.74, 6) is -0.871. The number of unbranched alkanes of at least 4 members (excludes halogenated alkanes) is 1. The third-order valence-corrected chi connectivity index (χ3v) is 7.78. The van der Waals surface area contributed by atoms with E-state index in [9.17, 15) is 4.79 Å². The van der Waals surface area contributed by atoms with Crippen LogP contribution in [0.4, 0.5) is 17.1 Å². The number of hydrogen-bond donors (Lipinski definition) is 1. The van der Waals surface area contributed by atoms with Gasteiger partial charge in [0.15, 0.2) is 0 Å². The molecule has 1 unspecified atom stereocenters. The molecule has 200 valence electrons. The number of rotatable bonds is 8. The lowest BCUT2D eigenvalue weighted by atomic mass is 9.97. The van der Waals surface area contributed by atoms with Crippen LogP contribution >= 0.6 is 0 Å². The lowest BCUT2D eigenvalue weighted by Gasteiger charge is -2.40. The lowest BCUT2D eigenvalue weighted by molar-refractivity contribution is -0.185. The summed E-state index contributed by atoms with van der Waals surface area (Å²) in [6.07, 6.45) is 3.64. The summed E-state index contributed by atoms with van der Waals surface area (Å²) in [5.41, 5.74) is 4.03. The van der Waals surface area contributed by atoms with Crippen molar-refractivity contribution in [2.24, 2.45) is 0 Å². The van der Waals surface area contributed by atoms with E-state index in [1.807, 2.05) is 24.3 Å². The SMILES string of the molecule is CCCCN1CCN(c2cccc3c2OC(OC)(C(=O)Nc2ccc(N4CCOCC4)cc2)CC3)CC1. The Morgan fingerprint density at radius 3 is 2.46 bits per heavy atom. The van der Waals surface area contributed by atoms with E-state index in [0.29, 0.717) is 6.42 Å². The second-order valence-electron chi connectivity index (χ2n) is 10.1. The first kappa shape index (κ1) is 25.8. The van der Waals surface area contributed by atoms with Gasteiger partial charge in [0.1, 0.15) is 5.75 Å². The van der Waals surface area contributed by atoms with E-state index in [1.54, 1.807) is 7.11 Å². The molecule has 1 amide bonds. The number of aryl methyl sites for hydroxylation is 1. The molecule has 2 saturated heterocycles. The average molecular weight is 509 g/mol. The fourth-order valence-corrected chi connectivity index (χ4v) is 5.44. The van der Waals surface area contributed by atoms with Crippen LogP contribution in [0, 0.1) is 0 Å². The molecule has 1 N–H and O–H groups in total. The van der Waals surface area contributed by atoms with Gasteiger partial charge in [-0.1, -0.05) is 25.5 Å². The van der Waals surface area contributed by atoms with Crippen LogP contribution in [0.5, 0.6) is 5.75 Å². The van der Waals surface area contributed by atoms with Crippen molar-refractivity contribution in [1.82, 2.24) is 4.90 Å². The summed E-state index contributed by atoms with van der Waals surface area (Å²) in [6.45, 7) is 10.6. The van der Waals surface area contributed by atoms with E-state index in [-0.39, 0.29) is 5.91 Å². The molecule has 37 heavy (non-hydrogen) atoms. The molecule has 0 saturated carbocycles. The molecular weight excluding hydrogens is 468 g/mol. The molecule has 0 aromatic heterocycles. The second-order valence-corrected chi connectivity index (χ2v) is 10.1. The van der Waals surface area contributed by atoms with Crippen LogP contribution in [-0.2, 0) is 20.7 Å². The first-order valence-electron chi connectivity index (χ1n) is 13.7. The maximum absolute atomic E-state index is 13.5. The number of amides is 1. The van der Waals surface area contributed by atoms with Crippen molar-refractivity contribution in [2.75, 3.05) is 81.3 Å². The molecule has 1 atom stereocenters. The molecule has 2 aromatic carbocycles. The summed E-state index contributed by atoms with van der Waals surface area (Å²) in [4.78, 5) is 20.7. The molecule has 5 rings (SSSR count). The van der Waals surface area contributed by atoms with Gasteiger partial charge < -0.3 is 29.3 Å². The highest BCUT2D eigenvalue weighted by Gasteiger charge is 2.45. The molecule has 0 bridgehead atoms. The molecule has 0 aliphatic carbocycles. The number of benzene rings is 2. The molecule has 8 nitrogen and oxygen atoms in total. The maximum Gasteiger partial charge on any atom is 0.297 e. The molecule has 3 heterocycles. The minimum absolute atomic E-state index is 0.279. The van der Waals surface area contributed by atoms with Crippen LogP contribution in [0.25, 0.3) is 0 Å². The fraction of sp³-hybridized carbons (Fsp3) is 0.552. The van der Waals surface area contributed by atoms with E-state index in [1.165, 1.54) is 12.8 Å². The van der Waals surface area contributed by atoms with E-state index < -0.39 is 5.79 Å². The Bertz CT molecular complexity index is 1050. The molecule has 3 aliphatic heterocycles. The molecule has 3 aliphatic rings. The molecule has 2 fully saturated rings. The quantitative estimate of drug-likeness (QED) is 0.583. The van der Waals surface area contributed by atoms with E-state index in [4.69, 9.17) is 14.2 Å². The van der Waals surface area contributed by atoms with Gasteiger partial charge in [-0.3, -0.25) is 9.69 Å². The van der Waals surface area contributed by atoms with Gasteiger partial charge >= 0.3 is 0 Å². The zero-order valence-electron chi connectivity index (χ0n) is 22.2. The number of carbonyl (C=O) groups is 1.